The molecule has 5 aromatic rings. The molecule has 0 aliphatic rings. The molecule has 3 heteroatoms. The van der Waals surface area contributed by atoms with Crippen molar-refractivity contribution in [2.45, 2.75) is 0 Å². The summed E-state index contributed by atoms with van der Waals surface area (Å²) in [6.07, 6.45) is 1.61. The Labute approximate surface area is 191 Å². The number of fused-ring (bicyclic) bond motifs is 3. The lowest BCUT2D eigenvalue weighted by atomic mass is 9.97. The van der Waals surface area contributed by atoms with E-state index in [1.807, 2.05) is 35.6 Å². The van der Waals surface area contributed by atoms with Gasteiger partial charge in [-0.05, 0) is 69.8 Å². The minimum absolute atomic E-state index is 0.154. The van der Waals surface area contributed by atoms with E-state index in [1.165, 1.54) is 31.3 Å². The summed E-state index contributed by atoms with van der Waals surface area (Å²) >= 11 is 1.82. The van der Waals surface area contributed by atoms with Crippen LogP contribution in [-0.4, -0.2) is 0 Å². The van der Waals surface area contributed by atoms with Gasteiger partial charge in [-0.15, -0.1) is 11.3 Å². The zero-order chi connectivity index (χ0) is 22.1. The molecule has 152 valence electrons. The molecule has 5 rings (SSSR count). The standard InChI is InChI=1S/C29H20N2S/c1-19(14-25(31)18-30)21-8-5-9-22(15-21)24-11-13-29-27(17-24)26-16-23(10-12-28(26)32-29)20-6-3-2-4-7-20/h2-17H,1,31H2/b25-14-. The Hall–Kier alpha value is -4.13. The Bertz CT molecular complexity index is 1550. The second-order valence-electron chi connectivity index (χ2n) is 7.71. The van der Waals surface area contributed by atoms with Gasteiger partial charge in [0, 0.05) is 20.2 Å². The highest BCUT2D eigenvalue weighted by Crippen LogP contribution is 2.38. The average Bonchev–Trinajstić information content (AvgIpc) is 3.21. The molecule has 0 aliphatic heterocycles. The second kappa shape index (κ2) is 8.19. The van der Waals surface area contributed by atoms with Gasteiger partial charge in [0.05, 0.1) is 0 Å². The van der Waals surface area contributed by atoms with Gasteiger partial charge in [0.15, 0.2) is 0 Å². The molecule has 4 aromatic carbocycles. The van der Waals surface area contributed by atoms with Crippen LogP contribution >= 0.6 is 11.3 Å². The van der Waals surface area contributed by atoms with Crippen molar-refractivity contribution in [2.75, 3.05) is 0 Å². The molecule has 2 N–H and O–H groups in total. The van der Waals surface area contributed by atoms with Crippen molar-refractivity contribution >= 4 is 37.1 Å². The van der Waals surface area contributed by atoms with Crippen molar-refractivity contribution in [1.82, 2.24) is 0 Å². The number of benzene rings is 4. The van der Waals surface area contributed by atoms with Gasteiger partial charge in [-0.25, -0.2) is 0 Å². The molecular formula is C29H20N2S. The first-order valence-electron chi connectivity index (χ1n) is 10.3. The highest BCUT2D eigenvalue weighted by molar-refractivity contribution is 7.25. The molecule has 0 aliphatic carbocycles. The predicted octanol–water partition coefficient (Wildman–Crippen LogP) is 7.77. The molecule has 1 aromatic heterocycles. The van der Waals surface area contributed by atoms with Crippen LogP contribution in [0.1, 0.15) is 5.56 Å². The summed E-state index contributed by atoms with van der Waals surface area (Å²) in [6.45, 7) is 4.06. The van der Waals surface area contributed by atoms with E-state index in [1.54, 1.807) is 6.08 Å². The first kappa shape index (κ1) is 19.8. The van der Waals surface area contributed by atoms with E-state index >= 15 is 0 Å². The maximum atomic E-state index is 8.94. The van der Waals surface area contributed by atoms with Crippen LogP contribution in [0.4, 0.5) is 0 Å². The second-order valence-corrected chi connectivity index (χ2v) is 8.79. The normalized spacial score (nSPS) is 11.5. The van der Waals surface area contributed by atoms with Gasteiger partial charge in [0.1, 0.15) is 11.8 Å². The van der Waals surface area contributed by atoms with E-state index in [0.717, 1.165) is 22.3 Å². The molecule has 0 radical (unpaired) electrons. The Morgan fingerprint density at radius 1 is 0.750 bits per heavy atom. The molecule has 0 fully saturated rings. The number of hydrogen-bond donors (Lipinski definition) is 1. The summed E-state index contributed by atoms with van der Waals surface area (Å²) in [5.41, 5.74) is 12.2. The highest BCUT2D eigenvalue weighted by Gasteiger charge is 2.09. The zero-order valence-corrected chi connectivity index (χ0v) is 18.2. The Kier molecular flexibility index (Phi) is 5.07. The minimum Gasteiger partial charge on any atom is -0.390 e. The third-order valence-electron chi connectivity index (χ3n) is 5.60. The van der Waals surface area contributed by atoms with Gasteiger partial charge in [-0.1, -0.05) is 67.2 Å². The van der Waals surface area contributed by atoms with Gasteiger partial charge in [0.2, 0.25) is 0 Å². The van der Waals surface area contributed by atoms with Crippen molar-refractivity contribution in [3.8, 4) is 28.3 Å². The maximum absolute atomic E-state index is 8.94. The summed E-state index contributed by atoms with van der Waals surface area (Å²) in [5.74, 6) is 0. The zero-order valence-electron chi connectivity index (χ0n) is 17.4. The van der Waals surface area contributed by atoms with Crippen LogP contribution in [0.5, 0.6) is 0 Å². The van der Waals surface area contributed by atoms with Gasteiger partial charge < -0.3 is 5.73 Å². The molecule has 0 spiro atoms. The van der Waals surface area contributed by atoms with E-state index < -0.39 is 0 Å². The molecule has 0 saturated carbocycles. The van der Waals surface area contributed by atoms with Gasteiger partial charge in [0.25, 0.3) is 0 Å². The molecule has 0 amide bonds. The van der Waals surface area contributed by atoms with Crippen LogP contribution in [0.2, 0.25) is 0 Å². The quantitative estimate of drug-likeness (QED) is 0.235. The summed E-state index contributed by atoms with van der Waals surface area (Å²) in [5, 5.41) is 11.5. The number of rotatable bonds is 4. The fourth-order valence-electron chi connectivity index (χ4n) is 3.97. The van der Waals surface area contributed by atoms with Crippen LogP contribution < -0.4 is 5.73 Å². The van der Waals surface area contributed by atoms with Crippen LogP contribution in [0.15, 0.2) is 109 Å². The molecule has 32 heavy (non-hydrogen) atoms. The highest BCUT2D eigenvalue weighted by atomic mass is 32.1. The monoisotopic (exact) mass is 428 g/mol. The third-order valence-corrected chi connectivity index (χ3v) is 6.75. The SMILES string of the molecule is C=C(/C=C(\N)C#N)c1cccc(-c2ccc3sc4ccc(-c5ccccc5)cc4c3c2)c1. The van der Waals surface area contributed by atoms with E-state index in [0.29, 0.717) is 0 Å². The molecule has 0 unspecified atom stereocenters. The van der Waals surface area contributed by atoms with Crippen LogP contribution in [-0.2, 0) is 0 Å². The number of nitriles is 1. The number of nitrogens with two attached hydrogens (primary N) is 1. The first-order chi connectivity index (χ1) is 15.6. The van der Waals surface area contributed by atoms with E-state index in [4.69, 9.17) is 11.0 Å². The number of thiophene rings is 1. The smallest absolute Gasteiger partial charge is 0.117 e. The van der Waals surface area contributed by atoms with Crippen molar-refractivity contribution in [3.05, 3.63) is 115 Å². The van der Waals surface area contributed by atoms with E-state index in [-0.39, 0.29) is 5.70 Å². The Morgan fingerprint density at radius 3 is 2.00 bits per heavy atom. The molecular weight excluding hydrogens is 408 g/mol. The van der Waals surface area contributed by atoms with Gasteiger partial charge in [-0.2, -0.15) is 5.26 Å². The first-order valence-corrected chi connectivity index (χ1v) is 11.1. The fraction of sp³-hybridized carbons (Fsp3) is 0. The summed E-state index contributed by atoms with van der Waals surface area (Å²) in [4.78, 5) is 0. The maximum Gasteiger partial charge on any atom is 0.117 e. The van der Waals surface area contributed by atoms with Crippen molar-refractivity contribution < 1.29 is 0 Å². The fourth-order valence-corrected chi connectivity index (χ4v) is 5.04. The minimum atomic E-state index is 0.154. The van der Waals surface area contributed by atoms with Gasteiger partial charge >= 0.3 is 0 Å². The largest absolute Gasteiger partial charge is 0.390 e. The number of hydrogen-bond acceptors (Lipinski definition) is 3. The van der Waals surface area contributed by atoms with E-state index in [2.05, 4.69) is 79.4 Å². The number of nitrogens with zero attached hydrogens (tertiary/aromatic N) is 1. The molecule has 2 nitrogen and oxygen atoms in total. The predicted molar refractivity (Wildman–Crippen MR) is 137 cm³/mol. The summed E-state index contributed by atoms with van der Waals surface area (Å²) in [6, 6.07) is 33.9. The molecule has 0 saturated heterocycles. The van der Waals surface area contributed by atoms with Crippen molar-refractivity contribution in [2.24, 2.45) is 5.73 Å². The Morgan fingerprint density at radius 2 is 1.34 bits per heavy atom. The molecule has 1 heterocycles. The lowest BCUT2D eigenvalue weighted by molar-refractivity contribution is 1.39. The van der Waals surface area contributed by atoms with Crippen molar-refractivity contribution in [3.63, 3.8) is 0 Å². The van der Waals surface area contributed by atoms with E-state index in [9.17, 15) is 0 Å². The van der Waals surface area contributed by atoms with Crippen LogP contribution in [0.3, 0.4) is 0 Å². The average molecular weight is 429 g/mol. The van der Waals surface area contributed by atoms with Crippen LogP contribution in [0.25, 0.3) is 48.0 Å². The summed E-state index contributed by atoms with van der Waals surface area (Å²) < 4.78 is 2.57. The summed E-state index contributed by atoms with van der Waals surface area (Å²) in [7, 11) is 0. The molecule has 0 atom stereocenters. The van der Waals surface area contributed by atoms with Crippen LogP contribution in [0, 0.1) is 11.3 Å². The molecule has 0 bridgehead atoms. The van der Waals surface area contributed by atoms with Crippen molar-refractivity contribution in [1.29, 1.82) is 5.26 Å². The Balaban J connectivity index is 1.60. The topological polar surface area (TPSA) is 49.8 Å². The van der Waals surface area contributed by atoms with Gasteiger partial charge in [-0.3, -0.25) is 0 Å². The number of allylic oxidation sites excluding steroid dienone is 3. The third kappa shape index (κ3) is 3.69. The lowest BCUT2D eigenvalue weighted by Crippen LogP contribution is -1.93. The lowest BCUT2D eigenvalue weighted by Gasteiger charge is -2.07.